The topological polar surface area (TPSA) is 9.23 Å². The SMILES string of the molecule is COC1CC=Cc2cc(C)ccc21. The van der Waals surface area contributed by atoms with Crippen LogP contribution in [0.1, 0.15) is 29.2 Å². The first-order valence-corrected chi connectivity index (χ1v) is 4.61. The molecule has 2 rings (SSSR count). The molecule has 0 radical (unpaired) electrons. The Morgan fingerprint density at radius 2 is 2.23 bits per heavy atom. The van der Waals surface area contributed by atoms with Crippen LogP contribution in [0.25, 0.3) is 6.08 Å². The smallest absolute Gasteiger partial charge is 0.0861 e. The van der Waals surface area contributed by atoms with Gasteiger partial charge in [0.15, 0.2) is 0 Å². The van der Waals surface area contributed by atoms with Crippen molar-refractivity contribution < 1.29 is 4.74 Å². The molecule has 1 atom stereocenters. The Labute approximate surface area is 79.0 Å². The van der Waals surface area contributed by atoms with Gasteiger partial charge in [-0.2, -0.15) is 0 Å². The molecular formula is C12H14O. The molecular weight excluding hydrogens is 160 g/mol. The van der Waals surface area contributed by atoms with Crippen molar-refractivity contribution in [1.29, 1.82) is 0 Å². The lowest BCUT2D eigenvalue weighted by atomic mass is 9.93. The predicted octanol–water partition coefficient (Wildman–Crippen LogP) is 3.10. The van der Waals surface area contributed by atoms with Gasteiger partial charge in [0.05, 0.1) is 6.10 Å². The van der Waals surface area contributed by atoms with Crippen molar-refractivity contribution in [3.8, 4) is 0 Å². The van der Waals surface area contributed by atoms with E-state index in [0.29, 0.717) is 0 Å². The Kier molecular flexibility index (Phi) is 2.19. The van der Waals surface area contributed by atoms with Crippen LogP contribution in [0.2, 0.25) is 0 Å². The highest BCUT2D eigenvalue weighted by atomic mass is 16.5. The predicted molar refractivity (Wildman–Crippen MR) is 54.6 cm³/mol. The van der Waals surface area contributed by atoms with Crippen molar-refractivity contribution >= 4 is 6.08 Å². The van der Waals surface area contributed by atoms with E-state index < -0.39 is 0 Å². The van der Waals surface area contributed by atoms with Crippen LogP contribution < -0.4 is 0 Å². The van der Waals surface area contributed by atoms with E-state index in [1.165, 1.54) is 16.7 Å². The molecule has 1 aliphatic carbocycles. The largest absolute Gasteiger partial charge is 0.376 e. The van der Waals surface area contributed by atoms with Gasteiger partial charge in [-0.1, -0.05) is 35.9 Å². The number of hydrogen-bond acceptors (Lipinski definition) is 1. The molecule has 0 amide bonds. The minimum absolute atomic E-state index is 0.251. The lowest BCUT2D eigenvalue weighted by Gasteiger charge is -2.20. The number of aryl methyl sites for hydroxylation is 1. The highest BCUT2D eigenvalue weighted by Gasteiger charge is 2.15. The maximum atomic E-state index is 5.41. The zero-order chi connectivity index (χ0) is 9.26. The number of rotatable bonds is 1. The van der Waals surface area contributed by atoms with Crippen molar-refractivity contribution in [2.45, 2.75) is 19.4 Å². The molecule has 0 aromatic heterocycles. The van der Waals surface area contributed by atoms with Crippen molar-refractivity contribution in [3.63, 3.8) is 0 Å². The Balaban J connectivity index is 2.47. The van der Waals surface area contributed by atoms with Gasteiger partial charge in [0.2, 0.25) is 0 Å². The molecule has 13 heavy (non-hydrogen) atoms. The number of methoxy groups -OCH3 is 1. The summed E-state index contributed by atoms with van der Waals surface area (Å²) in [7, 11) is 1.77. The first-order valence-electron chi connectivity index (χ1n) is 4.61. The number of fused-ring (bicyclic) bond motifs is 1. The lowest BCUT2D eigenvalue weighted by molar-refractivity contribution is 0.105. The van der Waals surface area contributed by atoms with E-state index in [0.717, 1.165) is 6.42 Å². The van der Waals surface area contributed by atoms with Crippen LogP contribution in [0.5, 0.6) is 0 Å². The van der Waals surface area contributed by atoms with Crippen LogP contribution in [0.15, 0.2) is 24.3 Å². The van der Waals surface area contributed by atoms with Crippen LogP contribution in [0.3, 0.4) is 0 Å². The van der Waals surface area contributed by atoms with Crippen LogP contribution >= 0.6 is 0 Å². The van der Waals surface area contributed by atoms with E-state index in [1.807, 2.05) is 0 Å². The monoisotopic (exact) mass is 174 g/mol. The summed E-state index contributed by atoms with van der Waals surface area (Å²) in [6, 6.07) is 6.52. The van der Waals surface area contributed by atoms with Crippen LogP contribution in [0, 0.1) is 6.92 Å². The fourth-order valence-corrected chi connectivity index (χ4v) is 1.80. The van der Waals surface area contributed by atoms with E-state index in [-0.39, 0.29) is 6.10 Å². The van der Waals surface area contributed by atoms with Gasteiger partial charge in [-0.25, -0.2) is 0 Å². The molecule has 0 saturated carbocycles. The van der Waals surface area contributed by atoms with Gasteiger partial charge in [0.25, 0.3) is 0 Å². The van der Waals surface area contributed by atoms with E-state index in [4.69, 9.17) is 4.74 Å². The molecule has 0 spiro atoms. The molecule has 1 unspecified atom stereocenters. The highest BCUT2D eigenvalue weighted by molar-refractivity contribution is 5.58. The fraction of sp³-hybridized carbons (Fsp3) is 0.333. The molecule has 68 valence electrons. The third kappa shape index (κ3) is 1.52. The minimum Gasteiger partial charge on any atom is -0.376 e. The minimum atomic E-state index is 0.251. The molecule has 1 heteroatoms. The third-order valence-electron chi connectivity index (χ3n) is 2.52. The molecule has 0 bridgehead atoms. The van der Waals surface area contributed by atoms with Gasteiger partial charge in [0.1, 0.15) is 0 Å². The molecule has 0 aliphatic heterocycles. The summed E-state index contributed by atoms with van der Waals surface area (Å²) in [6.07, 6.45) is 5.60. The molecule has 0 N–H and O–H groups in total. The number of ether oxygens (including phenoxy) is 1. The molecule has 0 fully saturated rings. The first kappa shape index (κ1) is 8.52. The second kappa shape index (κ2) is 3.35. The molecule has 1 aromatic rings. The summed E-state index contributed by atoms with van der Waals surface area (Å²) in [5, 5.41) is 0. The Hall–Kier alpha value is -1.08. The Bertz CT molecular complexity index is 339. The van der Waals surface area contributed by atoms with Crippen molar-refractivity contribution in [2.75, 3.05) is 7.11 Å². The zero-order valence-electron chi connectivity index (χ0n) is 8.08. The Morgan fingerprint density at radius 3 is 3.00 bits per heavy atom. The standard InChI is InChI=1S/C12H14O/c1-9-6-7-11-10(8-9)4-3-5-12(11)13-2/h3-4,6-8,12H,5H2,1-2H3. The summed E-state index contributed by atoms with van der Waals surface area (Å²) in [5.74, 6) is 0. The molecule has 0 heterocycles. The molecule has 1 aromatic carbocycles. The summed E-state index contributed by atoms with van der Waals surface area (Å²) in [6.45, 7) is 2.12. The third-order valence-corrected chi connectivity index (χ3v) is 2.52. The maximum absolute atomic E-state index is 5.41. The van der Waals surface area contributed by atoms with E-state index in [9.17, 15) is 0 Å². The van der Waals surface area contributed by atoms with Crippen LogP contribution in [-0.2, 0) is 4.74 Å². The Morgan fingerprint density at radius 1 is 1.38 bits per heavy atom. The second-order valence-corrected chi connectivity index (χ2v) is 3.49. The summed E-state index contributed by atoms with van der Waals surface area (Å²) in [5.41, 5.74) is 3.92. The number of hydrogen-bond donors (Lipinski definition) is 0. The quantitative estimate of drug-likeness (QED) is 0.635. The van der Waals surface area contributed by atoms with Crippen LogP contribution in [-0.4, -0.2) is 7.11 Å². The fourth-order valence-electron chi connectivity index (χ4n) is 1.80. The molecule has 1 nitrogen and oxygen atoms in total. The number of benzene rings is 1. The van der Waals surface area contributed by atoms with E-state index >= 15 is 0 Å². The van der Waals surface area contributed by atoms with Gasteiger partial charge in [-0.3, -0.25) is 0 Å². The summed E-state index contributed by atoms with van der Waals surface area (Å²) in [4.78, 5) is 0. The van der Waals surface area contributed by atoms with Gasteiger partial charge in [-0.05, 0) is 24.5 Å². The van der Waals surface area contributed by atoms with Gasteiger partial charge in [0, 0.05) is 7.11 Å². The van der Waals surface area contributed by atoms with Crippen molar-refractivity contribution in [1.82, 2.24) is 0 Å². The highest BCUT2D eigenvalue weighted by Crippen LogP contribution is 2.30. The van der Waals surface area contributed by atoms with Gasteiger partial charge >= 0.3 is 0 Å². The maximum Gasteiger partial charge on any atom is 0.0861 e. The molecule has 1 aliphatic rings. The van der Waals surface area contributed by atoms with Gasteiger partial charge < -0.3 is 4.74 Å². The normalized spacial score (nSPS) is 20.0. The average molecular weight is 174 g/mol. The van der Waals surface area contributed by atoms with Gasteiger partial charge in [-0.15, -0.1) is 0 Å². The van der Waals surface area contributed by atoms with Crippen molar-refractivity contribution in [2.24, 2.45) is 0 Å². The first-order chi connectivity index (χ1) is 6.31. The lowest BCUT2D eigenvalue weighted by Crippen LogP contribution is -2.05. The second-order valence-electron chi connectivity index (χ2n) is 3.49. The summed E-state index contributed by atoms with van der Waals surface area (Å²) >= 11 is 0. The molecule has 0 saturated heterocycles. The van der Waals surface area contributed by atoms with E-state index in [2.05, 4.69) is 37.3 Å². The average Bonchev–Trinajstić information content (AvgIpc) is 2.16. The van der Waals surface area contributed by atoms with Crippen molar-refractivity contribution in [3.05, 3.63) is 41.0 Å². The van der Waals surface area contributed by atoms with Crippen LogP contribution in [0.4, 0.5) is 0 Å². The van der Waals surface area contributed by atoms with E-state index in [1.54, 1.807) is 7.11 Å². The summed E-state index contributed by atoms with van der Waals surface area (Å²) < 4.78 is 5.41. The zero-order valence-corrected chi connectivity index (χ0v) is 8.08.